The van der Waals surface area contributed by atoms with E-state index < -0.39 is 16.5 Å². The van der Waals surface area contributed by atoms with Gasteiger partial charge in [-0.3, -0.25) is 4.39 Å². The highest BCUT2D eigenvalue weighted by Gasteiger charge is 2.15. The van der Waals surface area contributed by atoms with Crippen LogP contribution in [0, 0.1) is 0 Å². The average Bonchev–Trinajstić information content (AvgIpc) is 3.45. The van der Waals surface area contributed by atoms with Crippen molar-refractivity contribution in [2.24, 2.45) is 4.99 Å². The number of aromatic nitrogens is 1. The third-order valence-corrected chi connectivity index (χ3v) is 6.16. The first-order chi connectivity index (χ1) is 15.8. The van der Waals surface area contributed by atoms with Crippen LogP contribution in [-0.2, 0) is 14.6 Å². The number of aromatic amines is 1. The number of aliphatic imine (C=N–C) groups is 1. The van der Waals surface area contributed by atoms with Crippen molar-refractivity contribution in [3.63, 3.8) is 0 Å². The summed E-state index contributed by atoms with van der Waals surface area (Å²) in [6.07, 6.45) is 1.12. The van der Waals surface area contributed by atoms with E-state index in [0.717, 1.165) is 23.2 Å². The number of hydrogen-bond donors (Lipinski definition) is 1. The number of alkyl halides is 1. The van der Waals surface area contributed by atoms with E-state index >= 15 is 0 Å². The van der Waals surface area contributed by atoms with Crippen LogP contribution in [0.1, 0.15) is 19.0 Å². The van der Waals surface area contributed by atoms with Gasteiger partial charge in [0.15, 0.2) is 9.84 Å². The third kappa shape index (κ3) is 5.73. The molecule has 7 nitrogen and oxygen atoms in total. The summed E-state index contributed by atoms with van der Waals surface area (Å²) in [6.45, 7) is 2.53. The van der Waals surface area contributed by atoms with E-state index in [9.17, 15) is 12.8 Å². The molecule has 0 amide bonds. The van der Waals surface area contributed by atoms with Crippen LogP contribution in [0.25, 0.3) is 11.3 Å². The molecule has 1 N–H and O–H groups in total. The predicted molar refractivity (Wildman–Crippen MR) is 124 cm³/mol. The van der Waals surface area contributed by atoms with E-state index in [0.29, 0.717) is 36.3 Å². The molecule has 0 unspecified atom stereocenters. The molecule has 4 rings (SSSR count). The second kappa shape index (κ2) is 9.66. The van der Waals surface area contributed by atoms with Crippen molar-refractivity contribution >= 4 is 15.7 Å². The van der Waals surface area contributed by atoms with Gasteiger partial charge in [-0.2, -0.15) is 0 Å². The number of H-pyrrole nitrogens is 1. The lowest BCUT2D eigenvalue weighted by molar-refractivity contribution is 0.197. The highest BCUT2D eigenvalue weighted by atomic mass is 32.2. The van der Waals surface area contributed by atoms with Gasteiger partial charge in [0.2, 0.25) is 5.90 Å². The molecule has 0 spiro atoms. The van der Waals surface area contributed by atoms with Gasteiger partial charge in [-0.25, -0.2) is 13.4 Å². The van der Waals surface area contributed by atoms with Crippen LogP contribution < -0.4 is 9.47 Å². The first kappa shape index (κ1) is 22.8. The van der Waals surface area contributed by atoms with Gasteiger partial charge in [0.25, 0.3) is 0 Å². The molecule has 1 aliphatic rings. The molecule has 0 fully saturated rings. The van der Waals surface area contributed by atoms with Crippen LogP contribution in [0.4, 0.5) is 4.39 Å². The number of rotatable bonds is 9. The first-order valence-electron chi connectivity index (χ1n) is 10.5. The summed E-state index contributed by atoms with van der Waals surface area (Å²) in [5.74, 6) is 2.07. The molecule has 174 valence electrons. The summed E-state index contributed by atoms with van der Waals surface area (Å²) in [5, 5.41) is 0. The molecule has 0 bridgehead atoms. The number of nitrogens with one attached hydrogen (secondary N) is 1. The van der Waals surface area contributed by atoms with Crippen molar-refractivity contribution in [2.75, 3.05) is 26.1 Å². The molecule has 2 aromatic carbocycles. The predicted octanol–water partition coefficient (Wildman–Crippen LogP) is 4.78. The van der Waals surface area contributed by atoms with E-state index in [1.807, 2.05) is 24.3 Å². The molecule has 3 aromatic rings. The van der Waals surface area contributed by atoms with Crippen LogP contribution in [0.3, 0.4) is 0 Å². The number of nitrogens with zero attached hydrogens (tertiary/aromatic N) is 1. The molecule has 1 aromatic heterocycles. The number of hydrogen-bond acceptors (Lipinski definition) is 6. The normalized spacial score (nSPS) is 14.5. The minimum atomic E-state index is -3.30. The van der Waals surface area contributed by atoms with Crippen LogP contribution in [0.2, 0.25) is 0 Å². The first-order valence-corrected chi connectivity index (χ1v) is 12.4. The van der Waals surface area contributed by atoms with Gasteiger partial charge in [-0.05, 0) is 55.5 Å². The molecule has 0 saturated carbocycles. The van der Waals surface area contributed by atoms with Crippen molar-refractivity contribution in [1.82, 2.24) is 4.98 Å². The fourth-order valence-electron chi connectivity index (χ4n) is 3.38. The molecular weight excluding hydrogens is 447 g/mol. The zero-order chi connectivity index (χ0) is 23.4. The highest BCUT2D eigenvalue weighted by Crippen LogP contribution is 2.33. The van der Waals surface area contributed by atoms with E-state index in [-0.39, 0.29) is 17.4 Å². The second-order valence-electron chi connectivity index (χ2n) is 7.77. The lowest BCUT2D eigenvalue weighted by Crippen LogP contribution is -2.12. The monoisotopic (exact) mass is 472 g/mol. The number of benzene rings is 2. The van der Waals surface area contributed by atoms with Crippen molar-refractivity contribution < 1.29 is 27.0 Å². The van der Waals surface area contributed by atoms with Crippen LogP contribution in [0.5, 0.6) is 17.2 Å². The van der Waals surface area contributed by atoms with Crippen LogP contribution in [-0.4, -0.2) is 51.5 Å². The van der Waals surface area contributed by atoms with Gasteiger partial charge in [0.1, 0.15) is 29.5 Å². The smallest absolute Gasteiger partial charge is 0.233 e. The Hall–Kier alpha value is -3.33. The molecule has 1 atom stereocenters. The molecule has 2 heterocycles. The summed E-state index contributed by atoms with van der Waals surface area (Å²) in [6, 6.07) is 15.4. The van der Waals surface area contributed by atoms with E-state index in [1.165, 1.54) is 12.1 Å². The molecule has 0 aliphatic carbocycles. The van der Waals surface area contributed by atoms with Crippen molar-refractivity contribution in [1.29, 1.82) is 0 Å². The van der Waals surface area contributed by atoms with E-state index in [2.05, 4.69) is 9.98 Å². The van der Waals surface area contributed by atoms with E-state index in [1.54, 1.807) is 25.1 Å². The standard InChI is InChI=1S/C24H25FN2O5S/c1-16(9-10-25)31-19-13-17(22-7-8-23(27-22)24-26-11-12-30-24)14-20(15-19)32-18-3-5-21(6-4-18)33(2,28)29/h3-8,13-16,27H,9-12H2,1-2H3/t16-/m0/s1. The lowest BCUT2D eigenvalue weighted by Gasteiger charge is -2.16. The lowest BCUT2D eigenvalue weighted by atomic mass is 10.1. The summed E-state index contributed by atoms with van der Waals surface area (Å²) in [7, 11) is -3.30. The minimum Gasteiger partial charge on any atom is -0.490 e. The Kier molecular flexibility index (Phi) is 6.69. The number of sulfone groups is 1. The quantitative estimate of drug-likeness (QED) is 0.484. The van der Waals surface area contributed by atoms with Crippen LogP contribution in [0.15, 0.2) is 64.5 Å². The third-order valence-electron chi connectivity index (χ3n) is 5.03. The SMILES string of the molecule is C[C@@H](CCF)Oc1cc(Oc2ccc(S(C)(=O)=O)cc2)cc(-c2ccc(C3=NCCO3)[nH]2)c1. The maximum atomic E-state index is 12.7. The maximum absolute atomic E-state index is 12.7. The molecule has 33 heavy (non-hydrogen) atoms. The molecule has 1 aliphatic heterocycles. The summed E-state index contributed by atoms with van der Waals surface area (Å²) in [5.41, 5.74) is 2.38. The topological polar surface area (TPSA) is 90.0 Å². The minimum absolute atomic E-state index is 0.212. The van der Waals surface area contributed by atoms with Crippen molar-refractivity contribution in [3.8, 4) is 28.5 Å². The number of ether oxygens (including phenoxy) is 3. The Bertz CT molecular complexity index is 1250. The van der Waals surface area contributed by atoms with Gasteiger partial charge >= 0.3 is 0 Å². The highest BCUT2D eigenvalue weighted by molar-refractivity contribution is 7.90. The Labute approximate surface area is 192 Å². The fourth-order valence-corrected chi connectivity index (χ4v) is 4.01. The number of halogens is 1. The fraction of sp³-hybridized carbons (Fsp3) is 0.292. The van der Waals surface area contributed by atoms with Gasteiger partial charge in [0.05, 0.1) is 24.2 Å². The van der Waals surface area contributed by atoms with E-state index in [4.69, 9.17) is 14.2 Å². The molecule has 9 heteroatoms. The maximum Gasteiger partial charge on any atom is 0.233 e. The summed E-state index contributed by atoms with van der Waals surface area (Å²) < 4.78 is 53.6. The van der Waals surface area contributed by atoms with Gasteiger partial charge in [-0.15, -0.1) is 0 Å². The second-order valence-corrected chi connectivity index (χ2v) is 9.78. The Morgan fingerprint density at radius 3 is 2.45 bits per heavy atom. The molecular formula is C24H25FN2O5S. The van der Waals surface area contributed by atoms with Crippen molar-refractivity contribution in [3.05, 3.63) is 60.3 Å². The van der Waals surface area contributed by atoms with Gasteiger partial charge in [-0.1, -0.05) is 0 Å². The summed E-state index contributed by atoms with van der Waals surface area (Å²) in [4.78, 5) is 7.83. The zero-order valence-electron chi connectivity index (χ0n) is 18.4. The molecule has 0 radical (unpaired) electrons. The Morgan fingerprint density at radius 1 is 1.06 bits per heavy atom. The largest absolute Gasteiger partial charge is 0.490 e. The van der Waals surface area contributed by atoms with Gasteiger partial charge in [0, 0.05) is 30.0 Å². The summed E-state index contributed by atoms with van der Waals surface area (Å²) >= 11 is 0. The average molecular weight is 473 g/mol. The van der Waals surface area contributed by atoms with Crippen LogP contribution >= 0.6 is 0 Å². The van der Waals surface area contributed by atoms with Crippen molar-refractivity contribution in [2.45, 2.75) is 24.3 Å². The zero-order valence-corrected chi connectivity index (χ0v) is 19.2. The Balaban J connectivity index is 1.64. The van der Waals surface area contributed by atoms with Gasteiger partial charge < -0.3 is 19.2 Å². The molecule has 0 saturated heterocycles. The Morgan fingerprint density at radius 2 is 1.79 bits per heavy atom.